The zero-order valence-corrected chi connectivity index (χ0v) is 8.53. The summed E-state index contributed by atoms with van der Waals surface area (Å²) in [6.07, 6.45) is -0.913. The molecule has 4 heteroatoms. The predicted octanol–water partition coefficient (Wildman–Crippen LogP) is 3.06. The van der Waals surface area contributed by atoms with E-state index in [1.807, 2.05) is 0 Å². The van der Waals surface area contributed by atoms with Crippen LogP contribution in [0, 0.1) is 12.7 Å². The van der Waals surface area contributed by atoms with Gasteiger partial charge in [-0.1, -0.05) is 11.6 Å². The van der Waals surface area contributed by atoms with Crippen molar-refractivity contribution in [1.29, 1.82) is 0 Å². The lowest BCUT2D eigenvalue weighted by atomic mass is 10.1. The Morgan fingerprint density at radius 3 is 2.69 bits per heavy atom. The molecule has 0 heterocycles. The van der Waals surface area contributed by atoms with Gasteiger partial charge < -0.3 is 5.11 Å². The maximum Gasteiger partial charge on any atom is 0.126 e. The Morgan fingerprint density at radius 2 is 2.15 bits per heavy atom. The number of aliphatic hydroxyl groups excluding tert-OH is 1. The number of hydrogen-bond acceptors (Lipinski definition) is 1. The van der Waals surface area contributed by atoms with Gasteiger partial charge >= 0.3 is 0 Å². The first-order chi connectivity index (χ1) is 6.06. The fourth-order valence-electron chi connectivity index (χ4n) is 1.00. The van der Waals surface area contributed by atoms with E-state index in [2.05, 4.69) is 0 Å². The van der Waals surface area contributed by atoms with E-state index in [9.17, 15) is 9.50 Å². The Balaban J connectivity index is 3.15. The van der Waals surface area contributed by atoms with Crippen molar-refractivity contribution < 1.29 is 9.50 Å². The summed E-state index contributed by atoms with van der Waals surface area (Å²) < 4.78 is 13.0. The molecule has 0 bridgehead atoms. The van der Waals surface area contributed by atoms with Gasteiger partial charge in [-0.15, -0.1) is 11.6 Å². The highest BCUT2D eigenvalue weighted by molar-refractivity contribution is 6.31. The first-order valence-electron chi connectivity index (χ1n) is 3.76. The molecule has 1 unspecified atom stereocenters. The van der Waals surface area contributed by atoms with Crippen molar-refractivity contribution in [2.24, 2.45) is 0 Å². The average molecular weight is 223 g/mol. The van der Waals surface area contributed by atoms with E-state index in [0.29, 0.717) is 16.1 Å². The van der Waals surface area contributed by atoms with Crippen molar-refractivity contribution in [2.75, 3.05) is 5.88 Å². The molecule has 0 aromatic heterocycles. The molecule has 0 fully saturated rings. The van der Waals surface area contributed by atoms with Gasteiger partial charge in [0.15, 0.2) is 0 Å². The second-order valence-corrected chi connectivity index (χ2v) is 3.51. The average Bonchev–Trinajstić information content (AvgIpc) is 2.10. The Morgan fingerprint density at radius 1 is 1.54 bits per heavy atom. The second kappa shape index (κ2) is 4.27. The fourth-order valence-corrected chi connectivity index (χ4v) is 1.51. The molecule has 0 spiro atoms. The fraction of sp³-hybridized carbons (Fsp3) is 0.333. The number of aryl methyl sites for hydroxylation is 1. The lowest BCUT2D eigenvalue weighted by molar-refractivity contribution is 0.202. The molecule has 0 aliphatic heterocycles. The standard InChI is InChI=1S/C9H9Cl2FO/c1-5-2-7(11)6(3-8(5)12)9(13)4-10/h2-3,9,13H,4H2,1H3. The molecule has 0 saturated carbocycles. The molecule has 1 rings (SSSR count). The lowest BCUT2D eigenvalue weighted by Crippen LogP contribution is -2.01. The van der Waals surface area contributed by atoms with Crippen molar-refractivity contribution >= 4 is 23.2 Å². The number of benzene rings is 1. The molecule has 0 radical (unpaired) electrons. The van der Waals surface area contributed by atoms with Gasteiger partial charge in [-0.05, 0) is 24.6 Å². The first kappa shape index (κ1) is 10.8. The van der Waals surface area contributed by atoms with Gasteiger partial charge in [-0.3, -0.25) is 0 Å². The minimum Gasteiger partial charge on any atom is -0.387 e. The third-order valence-electron chi connectivity index (χ3n) is 1.78. The van der Waals surface area contributed by atoms with Crippen molar-refractivity contribution in [1.82, 2.24) is 0 Å². The molecule has 0 saturated heterocycles. The van der Waals surface area contributed by atoms with E-state index in [-0.39, 0.29) is 11.7 Å². The molecular weight excluding hydrogens is 214 g/mol. The van der Waals surface area contributed by atoms with Crippen LogP contribution in [-0.2, 0) is 0 Å². The Bertz CT molecular complexity index is 315. The molecular formula is C9H9Cl2FO. The summed E-state index contributed by atoms with van der Waals surface area (Å²) in [4.78, 5) is 0. The number of halogens is 3. The summed E-state index contributed by atoms with van der Waals surface area (Å²) in [7, 11) is 0. The van der Waals surface area contributed by atoms with E-state index in [1.54, 1.807) is 6.92 Å². The van der Waals surface area contributed by atoms with Crippen molar-refractivity contribution in [2.45, 2.75) is 13.0 Å². The van der Waals surface area contributed by atoms with Crippen molar-refractivity contribution in [3.8, 4) is 0 Å². The normalized spacial score (nSPS) is 13.0. The minimum atomic E-state index is -0.913. The van der Waals surface area contributed by atoms with E-state index in [1.165, 1.54) is 12.1 Å². The van der Waals surface area contributed by atoms with Crippen molar-refractivity contribution in [3.05, 3.63) is 34.1 Å². The third-order valence-corrected chi connectivity index (χ3v) is 2.40. The maximum absolute atomic E-state index is 13.0. The van der Waals surface area contributed by atoms with Crippen LogP contribution < -0.4 is 0 Å². The van der Waals surface area contributed by atoms with E-state index in [0.717, 1.165) is 0 Å². The van der Waals surface area contributed by atoms with Gasteiger partial charge in [0.1, 0.15) is 5.82 Å². The lowest BCUT2D eigenvalue weighted by Gasteiger charge is -2.10. The summed E-state index contributed by atoms with van der Waals surface area (Å²) in [6, 6.07) is 2.69. The number of rotatable bonds is 2. The quantitative estimate of drug-likeness (QED) is 0.764. The summed E-state index contributed by atoms with van der Waals surface area (Å²) in [5.41, 5.74) is 0.787. The van der Waals surface area contributed by atoms with Gasteiger partial charge in [0.2, 0.25) is 0 Å². The SMILES string of the molecule is Cc1cc(Cl)c(C(O)CCl)cc1F. The van der Waals surface area contributed by atoms with Crippen molar-refractivity contribution in [3.63, 3.8) is 0 Å². The number of alkyl halides is 1. The molecule has 1 atom stereocenters. The van der Waals surface area contributed by atoms with Gasteiger partial charge in [0.05, 0.1) is 12.0 Å². The van der Waals surface area contributed by atoms with Gasteiger partial charge in [-0.2, -0.15) is 0 Å². The maximum atomic E-state index is 13.0. The van der Waals surface area contributed by atoms with Crippen LogP contribution >= 0.6 is 23.2 Å². The highest BCUT2D eigenvalue weighted by Crippen LogP contribution is 2.26. The molecule has 1 aromatic carbocycles. The summed E-state index contributed by atoms with van der Waals surface area (Å²) in [5, 5.41) is 9.68. The molecule has 0 amide bonds. The minimum absolute atomic E-state index is 0.00220. The second-order valence-electron chi connectivity index (χ2n) is 2.79. The van der Waals surface area contributed by atoms with Crippen LogP contribution in [0.15, 0.2) is 12.1 Å². The van der Waals surface area contributed by atoms with Crippen LogP contribution in [0.4, 0.5) is 4.39 Å². The Kier molecular flexibility index (Phi) is 3.54. The van der Waals surface area contributed by atoms with Gasteiger partial charge in [0, 0.05) is 10.6 Å². The van der Waals surface area contributed by atoms with E-state index in [4.69, 9.17) is 23.2 Å². The van der Waals surface area contributed by atoms with Gasteiger partial charge in [-0.25, -0.2) is 4.39 Å². The van der Waals surface area contributed by atoms with Crippen LogP contribution in [-0.4, -0.2) is 11.0 Å². The third kappa shape index (κ3) is 2.33. The highest BCUT2D eigenvalue weighted by atomic mass is 35.5. The smallest absolute Gasteiger partial charge is 0.126 e. The predicted molar refractivity (Wildman–Crippen MR) is 51.8 cm³/mol. The number of aliphatic hydroxyl groups is 1. The van der Waals surface area contributed by atoms with Crippen LogP contribution in [0.5, 0.6) is 0 Å². The molecule has 1 N–H and O–H groups in total. The topological polar surface area (TPSA) is 20.2 Å². The molecule has 1 nitrogen and oxygen atoms in total. The Labute approximate surface area is 86.1 Å². The molecule has 0 aliphatic carbocycles. The summed E-state index contributed by atoms with van der Waals surface area (Å²) in [6.45, 7) is 1.61. The molecule has 0 aliphatic rings. The zero-order valence-electron chi connectivity index (χ0n) is 7.02. The summed E-state index contributed by atoms with van der Waals surface area (Å²) >= 11 is 11.2. The molecule has 72 valence electrons. The monoisotopic (exact) mass is 222 g/mol. The van der Waals surface area contributed by atoms with E-state index >= 15 is 0 Å². The Hall–Kier alpha value is -0.310. The zero-order chi connectivity index (χ0) is 10.0. The molecule has 13 heavy (non-hydrogen) atoms. The van der Waals surface area contributed by atoms with Crippen LogP contribution in [0.1, 0.15) is 17.2 Å². The van der Waals surface area contributed by atoms with E-state index < -0.39 is 6.10 Å². The highest BCUT2D eigenvalue weighted by Gasteiger charge is 2.12. The van der Waals surface area contributed by atoms with Crippen LogP contribution in [0.25, 0.3) is 0 Å². The summed E-state index contributed by atoms with van der Waals surface area (Å²) in [5.74, 6) is -0.383. The van der Waals surface area contributed by atoms with Crippen LogP contribution in [0.3, 0.4) is 0 Å². The van der Waals surface area contributed by atoms with Gasteiger partial charge in [0.25, 0.3) is 0 Å². The number of hydrogen-bond donors (Lipinski definition) is 1. The first-order valence-corrected chi connectivity index (χ1v) is 4.67. The molecule has 1 aromatic rings. The van der Waals surface area contributed by atoms with Crippen LogP contribution in [0.2, 0.25) is 5.02 Å². The largest absolute Gasteiger partial charge is 0.387 e.